The summed E-state index contributed by atoms with van der Waals surface area (Å²) in [5, 5.41) is 11.0. The SMILES string of the molecule is COC1C[C@@H](C(=O)Nc2nc(-c3ccc(C(=O)NC4CC4)cc3)cs2)N(C(=O)[C@H](NC(=O)N2C[C@@H](C)O[C@@H](C)C2)c2ccccc2)C1. The molecule has 6 rings (SSSR count). The van der Waals surface area contributed by atoms with E-state index < -0.39 is 18.0 Å². The van der Waals surface area contributed by atoms with Crippen molar-refractivity contribution in [2.45, 2.75) is 69.5 Å². The summed E-state index contributed by atoms with van der Waals surface area (Å²) < 4.78 is 11.4. The lowest BCUT2D eigenvalue weighted by molar-refractivity contribution is -0.138. The number of rotatable bonds is 9. The predicted octanol–water partition coefficient (Wildman–Crippen LogP) is 3.82. The second-order valence-electron chi connectivity index (χ2n) is 12.4. The summed E-state index contributed by atoms with van der Waals surface area (Å²) in [6.45, 7) is 4.82. The van der Waals surface area contributed by atoms with Crippen molar-refractivity contribution >= 4 is 40.2 Å². The van der Waals surface area contributed by atoms with Crippen LogP contribution in [0.5, 0.6) is 0 Å². The highest BCUT2D eigenvalue weighted by atomic mass is 32.1. The first-order valence-electron chi connectivity index (χ1n) is 15.9. The number of carbonyl (C=O) groups excluding carboxylic acids is 4. The first kappa shape index (κ1) is 32.6. The Labute approximate surface area is 277 Å². The lowest BCUT2D eigenvalue weighted by Crippen LogP contribution is -2.55. The third-order valence-electron chi connectivity index (χ3n) is 8.63. The van der Waals surface area contributed by atoms with Gasteiger partial charge >= 0.3 is 6.03 Å². The molecule has 12 nitrogen and oxygen atoms in total. The number of amides is 5. The summed E-state index contributed by atoms with van der Waals surface area (Å²) in [6, 6.07) is 14.3. The molecule has 5 atom stereocenters. The Morgan fingerprint density at radius 1 is 0.979 bits per heavy atom. The number of ether oxygens (including phenoxy) is 2. The zero-order valence-electron chi connectivity index (χ0n) is 26.7. The first-order chi connectivity index (χ1) is 22.7. The minimum Gasteiger partial charge on any atom is -0.380 e. The summed E-state index contributed by atoms with van der Waals surface area (Å²) in [6.07, 6.45) is 1.72. The predicted molar refractivity (Wildman–Crippen MR) is 177 cm³/mol. The van der Waals surface area contributed by atoms with E-state index in [1.54, 1.807) is 36.3 Å². The van der Waals surface area contributed by atoms with Crippen molar-refractivity contribution in [3.05, 3.63) is 71.1 Å². The van der Waals surface area contributed by atoms with E-state index in [1.165, 1.54) is 16.2 Å². The quantitative estimate of drug-likeness (QED) is 0.317. The molecule has 5 amide bonds. The molecular formula is C34H40N6O6S. The molecule has 47 heavy (non-hydrogen) atoms. The number of morpholine rings is 1. The second-order valence-corrected chi connectivity index (χ2v) is 13.3. The molecule has 3 aliphatic rings. The van der Waals surface area contributed by atoms with Gasteiger partial charge in [-0.25, -0.2) is 9.78 Å². The molecule has 248 valence electrons. The van der Waals surface area contributed by atoms with Gasteiger partial charge in [0.2, 0.25) is 5.91 Å². The van der Waals surface area contributed by atoms with Gasteiger partial charge in [0.05, 0.1) is 24.0 Å². The van der Waals surface area contributed by atoms with Crippen molar-refractivity contribution in [1.29, 1.82) is 0 Å². The molecule has 1 aliphatic carbocycles. The summed E-state index contributed by atoms with van der Waals surface area (Å²) in [4.78, 5) is 61.5. The maximum Gasteiger partial charge on any atom is 0.318 e. The summed E-state index contributed by atoms with van der Waals surface area (Å²) in [5.41, 5.74) is 2.67. The Morgan fingerprint density at radius 2 is 1.68 bits per heavy atom. The van der Waals surface area contributed by atoms with E-state index in [-0.39, 0.29) is 48.7 Å². The molecule has 1 saturated carbocycles. The molecule has 0 spiro atoms. The van der Waals surface area contributed by atoms with Crippen molar-refractivity contribution < 1.29 is 28.7 Å². The number of thiazole rings is 1. The van der Waals surface area contributed by atoms with Gasteiger partial charge < -0.3 is 35.2 Å². The lowest BCUT2D eigenvalue weighted by Gasteiger charge is -2.36. The number of urea groups is 1. The number of hydrogen-bond acceptors (Lipinski definition) is 8. The van der Waals surface area contributed by atoms with Gasteiger partial charge in [-0.2, -0.15) is 0 Å². The van der Waals surface area contributed by atoms with E-state index in [0.29, 0.717) is 41.5 Å². The molecule has 3 heterocycles. The number of hydrogen-bond donors (Lipinski definition) is 3. The third kappa shape index (κ3) is 7.80. The van der Waals surface area contributed by atoms with E-state index >= 15 is 0 Å². The van der Waals surface area contributed by atoms with Crippen LogP contribution in [0.25, 0.3) is 11.3 Å². The molecule has 3 aromatic rings. The van der Waals surface area contributed by atoms with Gasteiger partial charge in [0, 0.05) is 55.7 Å². The van der Waals surface area contributed by atoms with E-state index in [2.05, 4.69) is 20.9 Å². The minimum absolute atomic E-state index is 0.0883. The maximum atomic E-state index is 14.2. The normalized spacial score (nSPS) is 23.2. The molecule has 1 unspecified atom stereocenters. The molecule has 1 aromatic heterocycles. The van der Waals surface area contributed by atoms with Crippen molar-refractivity contribution in [2.75, 3.05) is 32.1 Å². The number of nitrogens with one attached hydrogen (secondary N) is 3. The van der Waals surface area contributed by atoms with Crippen molar-refractivity contribution in [3.63, 3.8) is 0 Å². The zero-order chi connectivity index (χ0) is 33.1. The van der Waals surface area contributed by atoms with Gasteiger partial charge in [-0.05, 0) is 44.4 Å². The monoisotopic (exact) mass is 660 g/mol. The number of anilines is 1. The van der Waals surface area contributed by atoms with Crippen molar-refractivity contribution in [1.82, 2.24) is 25.4 Å². The Hall–Kier alpha value is -4.33. The van der Waals surface area contributed by atoms with Gasteiger partial charge in [-0.1, -0.05) is 42.5 Å². The molecule has 3 N–H and O–H groups in total. The second kappa shape index (κ2) is 14.2. The first-order valence-corrected chi connectivity index (χ1v) is 16.8. The zero-order valence-corrected chi connectivity index (χ0v) is 27.5. The number of methoxy groups -OCH3 is 1. The van der Waals surface area contributed by atoms with Crippen LogP contribution in [0.2, 0.25) is 0 Å². The number of nitrogens with zero attached hydrogens (tertiary/aromatic N) is 3. The van der Waals surface area contributed by atoms with Crippen LogP contribution in [0.1, 0.15) is 55.1 Å². The molecule has 2 aliphatic heterocycles. The standard InChI is InChI=1S/C34H40N6O6S/c1-20-16-39(17-21(2)46-20)34(44)37-29(23-7-5-4-6-8-23)32(43)40-18-26(45-3)15-28(40)31(42)38-33-36-27(19-47-33)22-9-11-24(12-10-22)30(41)35-25-13-14-25/h4-12,19-21,25-26,28-29H,13-18H2,1-3H3,(H,35,41)(H,37,44)(H,36,38,42)/t20-,21+,26?,28-,29+/m0/s1. The molecule has 2 saturated heterocycles. The van der Waals surface area contributed by atoms with Crippen LogP contribution >= 0.6 is 11.3 Å². The van der Waals surface area contributed by atoms with Crippen molar-refractivity contribution in [2.24, 2.45) is 0 Å². The topological polar surface area (TPSA) is 142 Å². The van der Waals surface area contributed by atoms with E-state index in [4.69, 9.17) is 9.47 Å². The van der Waals surface area contributed by atoms with Gasteiger partial charge in [-0.3, -0.25) is 14.4 Å². The van der Waals surface area contributed by atoms with E-state index in [1.807, 2.05) is 49.6 Å². The number of aromatic nitrogens is 1. The fourth-order valence-corrected chi connectivity index (χ4v) is 6.78. The molecular weight excluding hydrogens is 620 g/mol. The van der Waals surface area contributed by atoms with Crippen LogP contribution in [0.4, 0.5) is 9.93 Å². The van der Waals surface area contributed by atoms with Crippen LogP contribution < -0.4 is 16.0 Å². The molecule has 13 heteroatoms. The van der Waals surface area contributed by atoms with E-state index in [9.17, 15) is 19.2 Å². The summed E-state index contributed by atoms with van der Waals surface area (Å²) in [7, 11) is 1.55. The number of benzene rings is 2. The van der Waals surface area contributed by atoms with Crippen LogP contribution in [0, 0.1) is 0 Å². The largest absolute Gasteiger partial charge is 0.380 e. The average Bonchev–Trinajstić information content (AvgIpc) is 3.57. The van der Waals surface area contributed by atoms with Crippen LogP contribution in [-0.2, 0) is 19.1 Å². The average molecular weight is 661 g/mol. The van der Waals surface area contributed by atoms with Crippen LogP contribution in [0.3, 0.4) is 0 Å². The highest BCUT2D eigenvalue weighted by Crippen LogP contribution is 2.29. The Balaban J connectivity index is 1.16. The lowest BCUT2D eigenvalue weighted by atomic mass is 10.0. The number of likely N-dealkylation sites (tertiary alicyclic amines) is 1. The Morgan fingerprint density at radius 3 is 2.34 bits per heavy atom. The fraction of sp³-hybridized carbons (Fsp3) is 0.441. The van der Waals surface area contributed by atoms with E-state index in [0.717, 1.165) is 18.4 Å². The smallest absolute Gasteiger partial charge is 0.318 e. The third-order valence-corrected chi connectivity index (χ3v) is 9.38. The maximum absolute atomic E-state index is 14.2. The molecule has 2 aromatic carbocycles. The highest BCUT2D eigenvalue weighted by Gasteiger charge is 2.43. The number of carbonyl (C=O) groups is 4. The van der Waals surface area contributed by atoms with Crippen molar-refractivity contribution in [3.8, 4) is 11.3 Å². The van der Waals surface area contributed by atoms with Crippen LogP contribution in [-0.4, -0.2) is 95.7 Å². The summed E-state index contributed by atoms with van der Waals surface area (Å²) >= 11 is 1.27. The van der Waals surface area contributed by atoms with Crippen LogP contribution in [0.15, 0.2) is 60.0 Å². The van der Waals surface area contributed by atoms with Gasteiger partial charge in [0.15, 0.2) is 5.13 Å². The molecule has 3 fully saturated rings. The summed E-state index contributed by atoms with van der Waals surface area (Å²) in [5.74, 6) is -0.876. The van der Waals surface area contributed by atoms with Gasteiger partial charge in [-0.15, -0.1) is 11.3 Å². The molecule has 0 radical (unpaired) electrons. The fourth-order valence-electron chi connectivity index (χ4n) is 6.06. The Kier molecular flexibility index (Phi) is 9.85. The minimum atomic E-state index is -1.01. The molecule has 0 bridgehead atoms. The van der Waals surface area contributed by atoms with Gasteiger partial charge in [0.25, 0.3) is 11.8 Å². The van der Waals surface area contributed by atoms with Gasteiger partial charge in [0.1, 0.15) is 12.1 Å². The highest BCUT2D eigenvalue weighted by molar-refractivity contribution is 7.14. The Bertz CT molecular complexity index is 1590.